The number of hydrogen-bond donors (Lipinski definition) is 1. The first-order valence-electron chi connectivity index (χ1n) is 12.6. The molecule has 36 heavy (non-hydrogen) atoms. The number of ether oxygens (including phenoxy) is 2. The number of carbonyl (C=O) groups excluding carboxylic acids is 2. The molecule has 12 heteroatoms. The van der Waals surface area contributed by atoms with Crippen molar-refractivity contribution >= 4 is 11.8 Å². The lowest BCUT2D eigenvalue weighted by Crippen LogP contribution is -2.55. The molecule has 2 amide bonds. The number of aromatic nitrogens is 4. The van der Waals surface area contributed by atoms with Crippen LogP contribution in [0.15, 0.2) is 18.2 Å². The molecule has 0 bridgehead atoms. The van der Waals surface area contributed by atoms with Crippen LogP contribution >= 0.6 is 0 Å². The van der Waals surface area contributed by atoms with Gasteiger partial charge in [0.15, 0.2) is 11.5 Å². The van der Waals surface area contributed by atoms with E-state index in [0.717, 1.165) is 62.6 Å². The van der Waals surface area contributed by atoms with E-state index >= 15 is 0 Å². The van der Waals surface area contributed by atoms with Crippen molar-refractivity contribution in [2.24, 2.45) is 0 Å². The van der Waals surface area contributed by atoms with Crippen LogP contribution in [-0.2, 0) is 16.1 Å². The molecule has 194 valence electrons. The molecule has 2 aliphatic carbocycles. The second-order valence-electron chi connectivity index (χ2n) is 9.73. The normalized spacial score (nSPS) is 20.3. The summed E-state index contributed by atoms with van der Waals surface area (Å²) in [5, 5.41) is 15.3. The molecule has 0 saturated heterocycles. The van der Waals surface area contributed by atoms with E-state index in [1.165, 1.54) is 18.2 Å². The minimum absolute atomic E-state index is 0.0194. The standard InChI is InChI=1S/C24H30F2N6O4/c1-15(23(34)27-17-7-5-6-8-17)32(18-9-3-2-4-10-18)21(33)14-31-29-22(28-30-31)16-11-12-19-20(13-16)36-24(25,26)35-19/h11-13,15,17-18H,2-10,14H2,1H3,(H,27,34). The molecule has 1 aromatic carbocycles. The third-order valence-corrected chi connectivity index (χ3v) is 7.14. The summed E-state index contributed by atoms with van der Waals surface area (Å²) in [6.07, 6.45) is 5.29. The van der Waals surface area contributed by atoms with Gasteiger partial charge >= 0.3 is 6.29 Å². The van der Waals surface area contributed by atoms with Crippen LogP contribution in [0.25, 0.3) is 11.4 Å². The number of rotatable bonds is 7. The molecular formula is C24H30F2N6O4. The van der Waals surface area contributed by atoms with E-state index in [-0.39, 0.29) is 47.8 Å². The summed E-state index contributed by atoms with van der Waals surface area (Å²) in [6, 6.07) is 3.73. The van der Waals surface area contributed by atoms with E-state index in [1.807, 2.05) is 0 Å². The topological polar surface area (TPSA) is 111 Å². The summed E-state index contributed by atoms with van der Waals surface area (Å²) in [5.41, 5.74) is 0.391. The van der Waals surface area contributed by atoms with Crippen molar-refractivity contribution in [3.05, 3.63) is 18.2 Å². The number of alkyl halides is 2. The van der Waals surface area contributed by atoms with Crippen LogP contribution in [0, 0.1) is 0 Å². The van der Waals surface area contributed by atoms with Crippen LogP contribution in [0.5, 0.6) is 11.5 Å². The molecule has 1 N–H and O–H groups in total. The zero-order valence-corrected chi connectivity index (χ0v) is 20.2. The highest BCUT2D eigenvalue weighted by molar-refractivity contribution is 5.87. The Bertz CT molecular complexity index is 1110. The smallest absolute Gasteiger partial charge is 0.395 e. The number of halogens is 2. The highest BCUT2D eigenvalue weighted by Gasteiger charge is 2.43. The van der Waals surface area contributed by atoms with Gasteiger partial charge in [-0.2, -0.15) is 4.80 Å². The van der Waals surface area contributed by atoms with Crippen molar-refractivity contribution < 1.29 is 27.8 Å². The van der Waals surface area contributed by atoms with Gasteiger partial charge in [0.25, 0.3) is 0 Å². The number of carbonyl (C=O) groups is 2. The molecule has 1 aromatic heterocycles. The first-order valence-corrected chi connectivity index (χ1v) is 12.6. The highest BCUT2D eigenvalue weighted by atomic mass is 19.3. The van der Waals surface area contributed by atoms with Gasteiger partial charge in [-0.15, -0.1) is 19.0 Å². The monoisotopic (exact) mass is 504 g/mol. The molecule has 1 atom stereocenters. The Balaban J connectivity index is 1.29. The number of tetrazole rings is 1. The highest BCUT2D eigenvalue weighted by Crippen LogP contribution is 2.42. The SMILES string of the molecule is CC(C(=O)NC1CCCC1)N(C(=O)Cn1nnc(-c2ccc3c(c2)OC(F)(F)O3)n1)C1CCCCC1. The van der Waals surface area contributed by atoms with E-state index < -0.39 is 12.3 Å². The fourth-order valence-electron chi connectivity index (χ4n) is 5.33. The zero-order chi connectivity index (χ0) is 25.3. The Morgan fingerprint density at radius 3 is 2.56 bits per heavy atom. The minimum atomic E-state index is -3.72. The molecule has 1 aliphatic heterocycles. The summed E-state index contributed by atoms with van der Waals surface area (Å²) in [7, 11) is 0. The molecule has 0 spiro atoms. The first-order chi connectivity index (χ1) is 17.3. The number of fused-ring (bicyclic) bond motifs is 1. The molecule has 2 fully saturated rings. The van der Waals surface area contributed by atoms with E-state index in [1.54, 1.807) is 11.8 Å². The number of nitrogens with zero attached hydrogens (tertiary/aromatic N) is 5. The summed E-state index contributed by atoms with van der Waals surface area (Å²) in [5.74, 6) is -0.453. The van der Waals surface area contributed by atoms with Crippen molar-refractivity contribution in [3.63, 3.8) is 0 Å². The quantitative estimate of drug-likeness (QED) is 0.616. The Morgan fingerprint density at radius 1 is 1.11 bits per heavy atom. The second kappa shape index (κ2) is 9.98. The molecule has 2 saturated carbocycles. The third kappa shape index (κ3) is 5.26. The molecule has 2 aromatic rings. The summed E-state index contributed by atoms with van der Waals surface area (Å²) < 4.78 is 35.5. The van der Waals surface area contributed by atoms with Gasteiger partial charge < -0.3 is 19.7 Å². The van der Waals surface area contributed by atoms with Gasteiger partial charge in [-0.05, 0) is 56.0 Å². The zero-order valence-electron chi connectivity index (χ0n) is 20.2. The van der Waals surface area contributed by atoms with Gasteiger partial charge in [-0.3, -0.25) is 9.59 Å². The molecule has 1 unspecified atom stereocenters. The molecule has 10 nitrogen and oxygen atoms in total. The molecular weight excluding hydrogens is 474 g/mol. The summed E-state index contributed by atoms with van der Waals surface area (Å²) >= 11 is 0. The van der Waals surface area contributed by atoms with Crippen LogP contribution < -0.4 is 14.8 Å². The van der Waals surface area contributed by atoms with E-state index in [2.05, 4.69) is 30.2 Å². The predicted octanol–water partition coefficient (Wildman–Crippen LogP) is 3.27. The number of amides is 2. The van der Waals surface area contributed by atoms with Gasteiger partial charge in [0.1, 0.15) is 12.6 Å². The van der Waals surface area contributed by atoms with E-state index in [0.29, 0.717) is 5.56 Å². The van der Waals surface area contributed by atoms with Gasteiger partial charge in [0.2, 0.25) is 17.6 Å². The lowest BCUT2D eigenvalue weighted by molar-refractivity contribution is -0.286. The lowest BCUT2D eigenvalue weighted by Gasteiger charge is -2.38. The Morgan fingerprint density at radius 2 is 1.81 bits per heavy atom. The lowest BCUT2D eigenvalue weighted by atomic mass is 9.93. The average Bonchev–Trinajstić information content (AvgIpc) is 3.58. The fraction of sp³-hybridized carbons (Fsp3) is 0.625. The predicted molar refractivity (Wildman–Crippen MR) is 123 cm³/mol. The van der Waals surface area contributed by atoms with Crippen molar-refractivity contribution in [1.82, 2.24) is 30.4 Å². The van der Waals surface area contributed by atoms with Crippen molar-refractivity contribution in [1.29, 1.82) is 0 Å². The van der Waals surface area contributed by atoms with Crippen molar-refractivity contribution in [2.75, 3.05) is 0 Å². The van der Waals surface area contributed by atoms with Gasteiger partial charge in [0.05, 0.1) is 0 Å². The minimum Gasteiger partial charge on any atom is -0.395 e. The summed E-state index contributed by atoms with van der Waals surface area (Å²) in [4.78, 5) is 29.4. The van der Waals surface area contributed by atoms with Crippen LogP contribution in [0.2, 0.25) is 0 Å². The number of nitrogens with one attached hydrogen (secondary N) is 1. The largest absolute Gasteiger partial charge is 0.586 e. The Kier molecular flexibility index (Phi) is 6.76. The van der Waals surface area contributed by atoms with Crippen LogP contribution in [-0.4, -0.2) is 61.3 Å². The van der Waals surface area contributed by atoms with E-state index in [4.69, 9.17) is 0 Å². The van der Waals surface area contributed by atoms with Gasteiger partial charge in [-0.1, -0.05) is 32.1 Å². The maximum atomic E-state index is 13.5. The Labute approximate surface area is 207 Å². The van der Waals surface area contributed by atoms with Gasteiger partial charge in [-0.25, -0.2) is 0 Å². The number of benzene rings is 1. The summed E-state index contributed by atoms with van der Waals surface area (Å²) in [6.45, 7) is 1.59. The van der Waals surface area contributed by atoms with E-state index in [9.17, 15) is 18.4 Å². The van der Waals surface area contributed by atoms with Crippen molar-refractivity contribution in [2.45, 2.75) is 95.7 Å². The Hall–Kier alpha value is -3.31. The number of hydrogen-bond acceptors (Lipinski definition) is 7. The molecule has 5 rings (SSSR count). The van der Waals surface area contributed by atoms with Crippen molar-refractivity contribution in [3.8, 4) is 22.9 Å². The third-order valence-electron chi connectivity index (χ3n) is 7.14. The van der Waals surface area contributed by atoms with Crippen LogP contribution in [0.4, 0.5) is 8.78 Å². The molecule has 3 aliphatic rings. The fourth-order valence-corrected chi connectivity index (χ4v) is 5.33. The molecule has 0 radical (unpaired) electrons. The molecule has 2 heterocycles. The maximum Gasteiger partial charge on any atom is 0.586 e. The van der Waals surface area contributed by atoms with Gasteiger partial charge in [0, 0.05) is 17.6 Å². The van der Waals surface area contributed by atoms with Crippen LogP contribution in [0.1, 0.15) is 64.7 Å². The maximum absolute atomic E-state index is 13.5. The first kappa shape index (κ1) is 24.4. The van der Waals surface area contributed by atoms with Crippen LogP contribution in [0.3, 0.4) is 0 Å². The average molecular weight is 505 g/mol. The second-order valence-corrected chi connectivity index (χ2v) is 9.73.